The van der Waals surface area contributed by atoms with Gasteiger partial charge in [0.15, 0.2) is 11.6 Å². The first-order chi connectivity index (χ1) is 10.4. The van der Waals surface area contributed by atoms with Crippen LogP contribution < -0.4 is 10.6 Å². The molecule has 0 unspecified atom stereocenters. The number of benzene rings is 1. The lowest BCUT2D eigenvalue weighted by Gasteiger charge is -2.26. The Balaban J connectivity index is 1.90. The SMILES string of the molecule is O=C(Nc1cc(F)cc(F)c1F)NC1CCC(C(=O)O)CC1. The van der Waals surface area contributed by atoms with E-state index in [1.54, 1.807) is 0 Å². The Kier molecular flexibility index (Phi) is 4.89. The van der Waals surface area contributed by atoms with Crippen molar-refractivity contribution in [2.45, 2.75) is 31.7 Å². The van der Waals surface area contributed by atoms with Crippen molar-refractivity contribution in [1.82, 2.24) is 5.32 Å². The van der Waals surface area contributed by atoms with Gasteiger partial charge in [-0.15, -0.1) is 0 Å². The minimum atomic E-state index is -1.39. The summed E-state index contributed by atoms with van der Waals surface area (Å²) in [6.07, 6.45) is 1.82. The molecule has 5 nitrogen and oxygen atoms in total. The second-order valence-corrected chi connectivity index (χ2v) is 5.23. The van der Waals surface area contributed by atoms with E-state index in [1.807, 2.05) is 0 Å². The van der Waals surface area contributed by atoms with E-state index in [1.165, 1.54) is 0 Å². The summed E-state index contributed by atoms with van der Waals surface area (Å²) < 4.78 is 39.4. The van der Waals surface area contributed by atoms with E-state index in [-0.39, 0.29) is 6.04 Å². The van der Waals surface area contributed by atoms with Crippen LogP contribution in [0.25, 0.3) is 0 Å². The molecule has 0 aliphatic heterocycles. The maximum absolute atomic E-state index is 13.4. The van der Waals surface area contributed by atoms with E-state index in [4.69, 9.17) is 5.11 Å². The molecule has 1 aliphatic carbocycles. The van der Waals surface area contributed by atoms with Crippen LogP contribution in [-0.2, 0) is 4.79 Å². The highest BCUT2D eigenvalue weighted by Gasteiger charge is 2.27. The lowest BCUT2D eigenvalue weighted by Crippen LogP contribution is -2.41. The third-order valence-electron chi connectivity index (χ3n) is 3.65. The summed E-state index contributed by atoms with van der Waals surface area (Å²) in [5.74, 6) is -5.02. The molecule has 2 amide bonds. The van der Waals surface area contributed by atoms with Gasteiger partial charge in [-0.1, -0.05) is 0 Å². The average Bonchev–Trinajstić information content (AvgIpc) is 2.44. The molecule has 0 spiro atoms. The summed E-state index contributed by atoms with van der Waals surface area (Å²) in [7, 11) is 0. The van der Waals surface area contributed by atoms with E-state index in [0.717, 1.165) is 0 Å². The average molecular weight is 316 g/mol. The predicted molar refractivity (Wildman–Crippen MR) is 71.9 cm³/mol. The summed E-state index contributed by atoms with van der Waals surface area (Å²) in [4.78, 5) is 22.5. The zero-order valence-electron chi connectivity index (χ0n) is 11.5. The lowest BCUT2D eigenvalue weighted by molar-refractivity contribution is -0.142. The molecular formula is C14H15F3N2O3. The Hall–Kier alpha value is -2.25. The van der Waals surface area contributed by atoms with E-state index < -0.39 is 41.1 Å². The highest BCUT2D eigenvalue weighted by Crippen LogP contribution is 2.24. The molecular weight excluding hydrogens is 301 g/mol. The van der Waals surface area contributed by atoms with Crippen LogP contribution in [0.2, 0.25) is 0 Å². The number of rotatable bonds is 3. The van der Waals surface area contributed by atoms with Crippen LogP contribution in [0, 0.1) is 23.4 Å². The van der Waals surface area contributed by atoms with Gasteiger partial charge in [0.2, 0.25) is 0 Å². The summed E-state index contributed by atoms with van der Waals surface area (Å²) in [6, 6.07) is 0.0185. The molecule has 1 aromatic rings. The van der Waals surface area contributed by atoms with Gasteiger partial charge in [-0.25, -0.2) is 18.0 Å². The van der Waals surface area contributed by atoms with Crippen molar-refractivity contribution in [1.29, 1.82) is 0 Å². The van der Waals surface area contributed by atoms with Crippen molar-refractivity contribution < 1.29 is 27.9 Å². The number of carbonyl (C=O) groups is 2. The maximum Gasteiger partial charge on any atom is 0.319 e. The molecule has 3 N–H and O–H groups in total. The maximum atomic E-state index is 13.4. The van der Waals surface area contributed by atoms with Crippen LogP contribution in [0.1, 0.15) is 25.7 Å². The van der Waals surface area contributed by atoms with Gasteiger partial charge in [0.25, 0.3) is 0 Å². The van der Waals surface area contributed by atoms with Gasteiger partial charge < -0.3 is 15.7 Å². The van der Waals surface area contributed by atoms with E-state index in [0.29, 0.717) is 37.8 Å². The molecule has 22 heavy (non-hydrogen) atoms. The normalized spacial score (nSPS) is 21.2. The van der Waals surface area contributed by atoms with E-state index >= 15 is 0 Å². The largest absolute Gasteiger partial charge is 0.481 e. The Morgan fingerprint density at radius 1 is 1.09 bits per heavy atom. The van der Waals surface area contributed by atoms with Crippen molar-refractivity contribution in [3.63, 3.8) is 0 Å². The number of carboxylic acid groups (broad SMARTS) is 1. The van der Waals surface area contributed by atoms with Gasteiger partial charge in [-0.3, -0.25) is 4.79 Å². The van der Waals surface area contributed by atoms with Gasteiger partial charge in [-0.05, 0) is 25.7 Å². The summed E-state index contributed by atoms with van der Waals surface area (Å²) >= 11 is 0. The number of amides is 2. The Morgan fingerprint density at radius 3 is 2.32 bits per heavy atom. The van der Waals surface area contributed by atoms with Gasteiger partial charge in [0.1, 0.15) is 5.82 Å². The van der Waals surface area contributed by atoms with Crippen molar-refractivity contribution in [2.24, 2.45) is 5.92 Å². The summed E-state index contributed by atoms with van der Waals surface area (Å²) in [6.45, 7) is 0. The van der Waals surface area contributed by atoms with Gasteiger partial charge in [0.05, 0.1) is 11.6 Å². The van der Waals surface area contributed by atoms with Gasteiger partial charge >= 0.3 is 12.0 Å². The first-order valence-corrected chi connectivity index (χ1v) is 6.81. The predicted octanol–water partition coefficient (Wildman–Crippen LogP) is 2.87. The van der Waals surface area contributed by atoms with Crippen molar-refractivity contribution in [3.05, 3.63) is 29.6 Å². The molecule has 2 rings (SSSR count). The van der Waals surface area contributed by atoms with Crippen LogP contribution in [0.3, 0.4) is 0 Å². The molecule has 0 heterocycles. The van der Waals surface area contributed by atoms with Gasteiger partial charge in [0, 0.05) is 18.2 Å². The Morgan fingerprint density at radius 2 is 1.73 bits per heavy atom. The fourth-order valence-corrected chi connectivity index (χ4v) is 2.48. The first kappa shape index (κ1) is 16.1. The van der Waals surface area contributed by atoms with E-state index in [2.05, 4.69) is 10.6 Å². The molecule has 1 aromatic carbocycles. The topological polar surface area (TPSA) is 78.4 Å². The fourth-order valence-electron chi connectivity index (χ4n) is 2.48. The van der Waals surface area contributed by atoms with Crippen LogP contribution in [0.15, 0.2) is 12.1 Å². The van der Waals surface area contributed by atoms with Crippen LogP contribution in [0.4, 0.5) is 23.7 Å². The monoisotopic (exact) mass is 316 g/mol. The molecule has 0 radical (unpaired) electrons. The van der Waals surface area contributed by atoms with Crippen molar-refractivity contribution in [2.75, 3.05) is 5.32 Å². The molecule has 0 atom stereocenters. The molecule has 0 saturated heterocycles. The highest BCUT2D eigenvalue weighted by atomic mass is 19.2. The van der Waals surface area contributed by atoms with Gasteiger partial charge in [-0.2, -0.15) is 0 Å². The Bertz CT molecular complexity index is 587. The lowest BCUT2D eigenvalue weighted by atomic mass is 9.86. The third-order valence-corrected chi connectivity index (χ3v) is 3.65. The summed E-state index contributed by atoms with van der Waals surface area (Å²) in [5.41, 5.74) is -0.589. The number of urea groups is 1. The third kappa shape index (κ3) is 3.90. The smallest absolute Gasteiger partial charge is 0.319 e. The van der Waals surface area contributed by atoms with Crippen LogP contribution in [0.5, 0.6) is 0 Å². The zero-order chi connectivity index (χ0) is 16.3. The molecule has 1 saturated carbocycles. The summed E-state index contributed by atoms with van der Waals surface area (Å²) in [5, 5.41) is 13.5. The highest BCUT2D eigenvalue weighted by molar-refractivity contribution is 5.89. The zero-order valence-corrected chi connectivity index (χ0v) is 11.5. The number of anilines is 1. The standard InChI is InChI=1S/C14H15F3N2O3/c15-8-5-10(16)12(17)11(6-8)19-14(22)18-9-3-1-7(2-4-9)13(20)21/h5-7,9H,1-4H2,(H,20,21)(H2,18,19,22). The molecule has 1 fully saturated rings. The van der Waals surface area contributed by atoms with Crippen molar-refractivity contribution >= 4 is 17.7 Å². The molecule has 8 heteroatoms. The Labute approximate surface area is 124 Å². The quantitative estimate of drug-likeness (QED) is 0.750. The second kappa shape index (κ2) is 6.67. The molecule has 1 aliphatic rings. The number of halogens is 3. The van der Waals surface area contributed by atoms with Crippen LogP contribution in [-0.4, -0.2) is 23.1 Å². The second-order valence-electron chi connectivity index (χ2n) is 5.23. The number of aliphatic carboxylic acids is 1. The number of hydrogen-bond donors (Lipinski definition) is 3. The number of nitrogens with one attached hydrogen (secondary N) is 2. The number of carboxylic acids is 1. The van der Waals surface area contributed by atoms with Crippen LogP contribution >= 0.6 is 0 Å². The van der Waals surface area contributed by atoms with E-state index in [9.17, 15) is 22.8 Å². The minimum absolute atomic E-state index is 0.253. The molecule has 0 aromatic heterocycles. The molecule has 0 bridgehead atoms. The fraction of sp³-hybridized carbons (Fsp3) is 0.429. The first-order valence-electron chi connectivity index (χ1n) is 6.81. The number of hydrogen-bond acceptors (Lipinski definition) is 2. The van der Waals surface area contributed by atoms with Crippen molar-refractivity contribution in [3.8, 4) is 0 Å². The minimum Gasteiger partial charge on any atom is -0.481 e. The number of carbonyl (C=O) groups excluding carboxylic acids is 1. The molecule has 120 valence electrons.